The molecule has 140 valence electrons. The number of hydrogen-bond donors (Lipinski definition) is 0. The molecular formula is C16H17F3N4O3. The van der Waals surface area contributed by atoms with E-state index in [4.69, 9.17) is 4.74 Å². The van der Waals surface area contributed by atoms with Gasteiger partial charge in [-0.15, -0.1) is 0 Å². The van der Waals surface area contributed by atoms with E-state index >= 15 is 0 Å². The van der Waals surface area contributed by atoms with Crippen LogP contribution in [0.15, 0.2) is 30.5 Å². The van der Waals surface area contributed by atoms with E-state index in [0.29, 0.717) is 19.6 Å². The second-order valence-corrected chi connectivity index (χ2v) is 6.69. The van der Waals surface area contributed by atoms with Crippen molar-refractivity contribution < 1.29 is 22.8 Å². The van der Waals surface area contributed by atoms with Gasteiger partial charge in [0.25, 0.3) is 0 Å². The number of alkyl halides is 3. The maximum atomic E-state index is 12.6. The van der Waals surface area contributed by atoms with Gasteiger partial charge in [0.2, 0.25) is 0 Å². The molecule has 2 aromatic rings. The van der Waals surface area contributed by atoms with Crippen molar-refractivity contribution in [1.82, 2.24) is 14.5 Å². The first-order valence-corrected chi connectivity index (χ1v) is 7.81. The second-order valence-electron chi connectivity index (χ2n) is 6.69. The molecule has 0 N–H and O–H groups in total. The van der Waals surface area contributed by atoms with Gasteiger partial charge in [-0.2, -0.15) is 13.2 Å². The summed E-state index contributed by atoms with van der Waals surface area (Å²) < 4.78 is 45.2. The normalized spacial score (nSPS) is 19.5. The summed E-state index contributed by atoms with van der Waals surface area (Å²) >= 11 is 0. The molecule has 1 aromatic heterocycles. The van der Waals surface area contributed by atoms with E-state index in [1.165, 1.54) is 18.3 Å². The standard InChI is InChI=1S/C16H17F3N4O3/c1-15(10-22-8-13(23(24)25)20-14(22)26-15)9-21(2)7-11-3-5-12(6-4-11)16(17,18)19/h3-6,8H,7,9-10H2,1-2H3/t15-/m0/s1. The molecule has 3 rings (SSSR count). The van der Waals surface area contributed by atoms with Gasteiger partial charge in [-0.25, -0.2) is 0 Å². The van der Waals surface area contributed by atoms with E-state index in [1.54, 1.807) is 4.57 Å². The summed E-state index contributed by atoms with van der Waals surface area (Å²) in [6.45, 7) is 3.18. The molecule has 2 heterocycles. The number of fused-ring (bicyclic) bond motifs is 1. The maximum Gasteiger partial charge on any atom is 0.416 e. The van der Waals surface area contributed by atoms with E-state index in [2.05, 4.69) is 4.98 Å². The zero-order valence-corrected chi connectivity index (χ0v) is 14.2. The van der Waals surface area contributed by atoms with Crippen LogP contribution in [0.4, 0.5) is 19.0 Å². The van der Waals surface area contributed by atoms with Crippen molar-refractivity contribution in [3.05, 3.63) is 51.7 Å². The molecule has 26 heavy (non-hydrogen) atoms. The number of nitro groups is 1. The van der Waals surface area contributed by atoms with Gasteiger partial charge < -0.3 is 14.9 Å². The van der Waals surface area contributed by atoms with Crippen molar-refractivity contribution in [3.63, 3.8) is 0 Å². The Morgan fingerprint density at radius 1 is 1.38 bits per heavy atom. The Labute approximate surface area is 147 Å². The lowest BCUT2D eigenvalue weighted by Crippen LogP contribution is -2.43. The van der Waals surface area contributed by atoms with E-state index in [1.807, 2.05) is 18.9 Å². The molecule has 0 bridgehead atoms. The lowest BCUT2D eigenvalue weighted by molar-refractivity contribution is -0.389. The largest absolute Gasteiger partial charge is 0.436 e. The van der Waals surface area contributed by atoms with Crippen LogP contribution >= 0.6 is 0 Å². The van der Waals surface area contributed by atoms with Gasteiger partial charge in [0.05, 0.1) is 12.1 Å². The number of nitrogens with zero attached hydrogens (tertiary/aromatic N) is 4. The first kappa shape index (κ1) is 18.2. The molecule has 1 aliphatic heterocycles. The van der Waals surface area contributed by atoms with Crippen LogP contribution in [0.25, 0.3) is 0 Å². The highest BCUT2D eigenvalue weighted by Gasteiger charge is 2.41. The third-order valence-corrected chi connectivity index (χ3v) is 4.09. The highest BCUT2D eigenvalue weighted by Crippen LogP contribution is 2.32. The molecule has 10 heteroatoms. The quantitative estimate of drug-likeness (QED) is 0.597. The number of likely N-dealkylation sites (N-methyl/N-ethyl adjacent to an activating group) is 1. The predicted molar refractivity (Wildman–Crippen MR) is 85.7 cm³/mol. The fourth-order valence-electron chi connectivity index (χ4n) is 3.10. The fraction of sp³-hybridized carbons (Fsp3) is 0.438. The number of hydrogen-bond acceptors (Lipinski definition) is 5. The van der Waals surface area contributed by atoms with Gasteiger partial charge in [0.1, 0.15) is 11.8 Å². The monoisotopic (exact) mass is 370 g/mol. The highest BCUT2D eigenvalue weighted by molar-refractivity contribution is 5.25. The SMILES string of the molecule is CN(Cc1ccc(C(F)(F)F)cc1)C[C@@]1(C)Cn2cc([N+](=O)[O-])nc2O1. The van der Waals surface area contributed by atoms with Crippen LogP contribution < -0.4 is 4.74 Å². The Kier molecular flexibility index (Phi) is 4.39. The highest BCUT2D eigenvalue weighted by atomic mass is 19.4. The Hall–Kier alpha value is -2.62. The van der Waals surface area contributed by atoms with E-state index in [9.17, 15) is 23.3 Å². The van der Waals surface area contributed by atoms with Gasteiger partial charge >= 0.3 is 18.0 Å². The maximum absolute atomic E-state index is 12.6. The molecule has 1 aromatic carbocycles. The molecule has 0 fully saturated rings. The Morgan fingerprint density at radius 2 is 2.04 bits per heavy atom. The Bertz CT molecular complexity index is 794. The van der Waals surface area contributed by atoms with Gasteiger partial charge in [-0.3, -0.25) is 9.47 Å². The summed E-state index contributed by atoms with van der Waals surface area (Å²) in [7, 11) is 1.83. The number of halogens is 3. The van der Waals surface area contributed by atoms with E-state index in [0.717, 1.165) is 17.7 Å². The molecule has 0 radical (unpaired) electrons. The van der Waals surface area contributed by atoms with E-state index < -0.39 is 22.3 Å². The summed E-state index contributed by atoms with van der Waals surface area (Å²) in [6.07, 6.45) is -3.02. The zero-order chi connectivity index (χ0) is 19.1. The molecular weight excluding hydrogens is 353 g/mol. The summed E-state index contributed by atoms with van der Waals surface area (Å²) in [5, 5.41) is 10.7. The van der Waals surface area contributed by atoms with Crippen LogP contribution in [0.3, 0.4) is 0 Å². The van der Waals surface area contributed by atoms with Crippen molar-refractivity contribution in [3.8, 4) is 6.01 Å². The molecule has 7 nitrogen and oxygen atoms in total. The smallest absolute Gasteiger partial charge is 0.416 e. The molecule has 0 unspecified atom stereocenters. The third-order valence-electron chi connectivity index (χ3n) is 4.09. The molecule has 0 saturated carbocycles. The summed E-state index contributed by atoms with van der Waals surface area (Å²) in [6, 6.07) is 5.22. The van der Waals surface area contributed by atoms with Crippen molar-refractivity contribution in [1.29, 1.82) is 0 Å². The lowest BCUT2D eigenvalue weighted by atomic mass is 10.1. The Balaban J connectivity index is 1.60. The number of imidazole rings is 1. The predicted octanol–water partition coefficient (Wildman–Crippen LogP) is 3.09. The summed E-state index contributed by atoms with van der Waals surface area (Å²) in [4.78, 5) is 15.9. The number of rotatable bonds is 5. The zero-order valence-electron chi connectivity index (χ0n) is 14.2. The lowest BCUT2D eigenvalue weighted by Gasteiger charge is -2.28. The minimum atomic E-state index is -4.35. The Morgan fingerprint density at radius 3 is 2.58 bits per heavy atom. The summed E-state index contributed by atoms with van der Waals surface area (Å²) in [5.74, 6) is -0.264. The number of benzene rings is 1. The number of aromatic nitrogens is 2. The molecule has 0 spiro atoms. The average molecular weight is 370 g/mol. The van der Waals surface area contributed by atoms with Gasteiger partial charge in [0.15, 0.2) is 0 Å². The van der Waals surface area contributed by atoms with Crippen LogP contribution in [0, 0.1) is 10.1 Å². The first-order chi connectivity index (χ1) is 12.1. The van der Waals surface area contributed by atoms with E-state index in [-0.39, 0.29) is 11.8 Å². The molecule has 0 aliphatic carbocycles. The molecule has 0 amide bonds. The van der Waals surface area contributed by atoms with Gasteiger partial charge in [-0.05, 0) is 36.6 Å². The topological polar surface area (TPSA) is 73.4 Å². The number of ether oxygens (including phenoxy) is 1. The first-order valence-electron chi connectivity index (χ1n) is 7.81. The van der Waals surface area contributed by atoms with Crippen LogP contribution in [-0.4, -0.2) is 38.6 Å². The van der Waals surface area contributed by atoms with Crippen molar-refractivity contribution in [2.45, 2.75) is 31.8 Å². The fourth-order valence-corrected chi connectivity index (χ4v) is 3.10. The molecule has 1 aliphatic rings. The van der Waals surface area contributed by atoms with Crippen LogP contribution in [0.1, 0.15) is 18.1 Å². The molecule has 1 atom stereocenters. The average Bonchev–Trinajstić information content (AvgIpc) is 3.01. The van der Waals surface area contributed by atoms with Crippen LogP contribution in [0.5, 0.6) is 6.01 Å². The van der Waals surface area contributed by atoms with Crippen molar-refractivity contribution in [2.75, 3.05) is 13.6 Å². The molecule has 0 saturated heterocycles. The minimum Gasteiger partial charge on any atom is -0.436 e. The van der Waals surface area contributed by atoms with Crippen LogP contribution in [0.2, 0.25) is 0 Å². The second kappa shape index (κ2) is 6.27. The van der Waals surface area contributed by atoms with Crippen LogP contribution in [-0.2, 0) is 19.3 Å². The third kappa shape index (κ3) is 3.79. The minimum absolute atomic E-state index is 0.196. The van der Waals surface area contributed by atoms with Gasteiger partial charge in [-0.1, -0.05) is 12.1 Å². The summed E-state index contributed by atoms with van der Waals surface area (Å²) in [5.41, 5.74) is -0.560. The van der Waals surface area contributed by atoms with Crippen molar-refractivity contribution in [2.24, 2.45) is 0 Å². The van der Waals surface area contributed by atoms with Gasteiger partial charge in [0, 0.05) is 18.1 Å². The van der Waals surface area contributed by atoms with Crippen molar-refractivity contribution >= 4 is 5.82 Å².